The Morgan fingerprint density at radius 3 is 2.30 bits per heavy atom. The Morgan fingerprint density at radius 1 is 1.07 bits per heavy atom. The van der Waals surface area contributed by atoms with Crippen molar-refractivity contribution in [2.45, 2.75) is 95.9 Å². The van der Waals surface area contributed by atoms with Gasteiger partial charge in [-0.1, -0.05) is 38.5 Å². The van der Waals surface area contributed by atoms with E-state index in [0.29, 0.717) is 6.42 Å². The predicted octanol–water partition coefficient (Wildman–Crippen LogP) is 3.14. The van der Waals surface area contributed by atoms with E-state index in [0.717, 1.165) is 51.4 Å². The monoisotopic (exact) mass is 384 g/mol. The van der Waals surface area contributed by atoms with Gasteiger partial charge in [0.15, 0.2) is 0 Å². The average molecular weight is 384 g/mol. The van der Waals surface area contributed by atoms with Gasteiger partial charge in [0.1, 0.15) is 6.10 Å². The molecule has 0 saturated carbocycles. The van der Waals surface area contributed by atoms with E-state index < -0.39 is 30.1 Å². The van der Waals surface area contributed by atoms with Crippen molar-refractivity contribution in [3.63, 3.8) is 0 Å². The lowest BCUT2D eigenvalue weighted by molar-refractivity contribution is -0.154. The highest BCUT2D eigenvalue weighted by Crippen LogP contribution is 2.16. The summed E-state index contributed by atoms with van der Waals surface area (Å²) in [7, 11) is 0. The Labute approximate surface area is 160 Å². The Balaban J connectivity index is 2.72. The van der Waals surface area contributed by atoms with E-state index in [-0.39, 0.29) is 18.9 Å². The molecule has 7 heteroatoms. The second kappa shape index (κ2) is 13.3. The topological polar surface area (TPSA) is 110 Å². The Kier molecular flexibility index (Phi) is 11.4. The summed E-state index contributed by atoms with van der Waals surface area (Å²) in [6, 6.07) is 0. The fourth-order valence-electron chi connectivity index (χ4n) is 2.97. The first-order chi connectivity index (χ1) is 12.9. The van der Waals surface area contributed by atoms with Crippen molar-refractivity contribution in [2.24, 2.45) is 0 Å². The van der Waals surface area contributed by atoms with Crippen LogP contribution in [-0.2, 0) is 23.9 Å². The fourth-order valence-corrected chi connectivity index (χ4v) is 2.97. The van der Waals surface area contributed by atoms with E-state index in [2.05, 4.69) is 0 Å². The Morgan fingerprint density at radius 2 is 1.67 bits per heavy atom. The van der Waals surface area contributed by atoms with E-state index in [9.17, 15) is 19.5 Å². The average Bonchev–Trinajstić information content (AvgIpc) is 2.60. The zero-order valence-corrected chi connectivity index (χ0v) is 16.1. The second-order valence-electron chi connectivity index (χ2n) is 7.07. The van der Waals surface area contributed by atoms with Crippen LogP contribution in [0.2, 0.25) is 0 Å². The summed E-state index contributed by atoms with van der Waals surface area (Å²) in [5.41, 5.74) is 0. The van der Waals surface area contributed by atoms with Crippen LogP contribution in [0.15, 0.2) is 12.2 Å². The molecular weight excluding hydrogens is 352 g/mol. The van der Waals surface area contributed by atoms with Gasteiger partial charge in [-0.2, -0.15) is 0 Å². The van der Waals surface area contributed by atoms with Crippen molar-refractivity contribution in [1.82, 2.24) is 0 Å². The van der Waals surface area contributed by atoms with Gasteiger partial charge in [0.05, 0.1) is 25.0 Å². The number of aliphatic hydroxyl groups excluding tert-OH is 1. The molecule has 0 aromatic rings. The van der Waals surface area contributed by atoms with Crippen LogP contribution in [0.1, 0.15) is 77.6 Å². The lowest BCUT2D eigenvalue weighted by atomic mass is 10.0. The van der Waals surface area contributed by atoms with Gasteiger partial charge in [0.25, 0.3) is 0 Å². The summed E-state index contributed by atoms with van der Waals surface area (Å²) in [6.45, 7) is 1.84. The van der Waals surface area contributed by atoms with E-state index in [4.69, 9.17) is 14.6 Å². The van der Waals surface area contributed by atoms with Gasteiger partial charge >= 0.3 is 17.9 Å². The number of carbonyl (C=O) groups excluding carboxylic acids is 2. The van der Waals surface area contributed by atoms with Gasteiger partial charge < -0.3 is 19.7 Å². The molecule has 7 nitrogen and oxygen atoms in total. The first-order valence-corrected chi connectivity index (χ1v) is 9.86. The van der Waals surface area contributed by atoms with Crippen molar-refractivity contribution in [1.29, 1.82) is 0 Å². The van der Waals surface area contributed by atoms with E-state index >= 15 is 0 Å². The Hall–Kier alpha value is -1.89. The molecule has 0 spiro atoms. The highest BCUT2D eigenvalue weighted by molar-refractivity contribution is 5.82. The second-order valence-corrected chi connectivity index (χ2v) is 7.07. The number of carbonyl (C=O) groups is 3. The van der Waals surface area contributed by atoms with Crippen molar-refractivity contribution in [3.8, 4) is 0 Å². The van der Waals surface area contributed by atoms with Crippen LogP contribution >= 0.6 is 0 Å². The van der Waals surface area contributed by atoms with Crippen LogP contribution in [0.4, 0.5) is 0 Å². The molecule has 1 heterocycles. The number of rotatable bonds is 4. The maximum absolute atomic E-state index is 11.9. The third-order valence-corrected chi connectivity index (χ3v) is 4.54. The van der Waals surface area contributed by atoms with Gasteiger partial charge in [-0.15, -0.1) is 0 Å². The van der Waals surface area contributed by atoms with E-state index in [1.807, 2.05) is 6.92 Å². The fraction of sp³-hybridized carbons (Fsp3) is 0.750. The zero-order chi connectivity index (χ0) is 20.1. The molecule has 0 fully saturated rings. The zero-order valence-electron chi connectivity index (χ0n) is 16.1. The maximum Gasteiger partial charge on any atom is 0.330 e. The lowest BCUT2D eigenvalue weighted by Crippen LogP contribution is -2.30. The van der Waals surface area contributed by atoms with Crippen LogP contribution in [0.5, 0.6) is 0 Å². The maximum atomic E-state index is 11.9. The molecule has 0 radical (unpaired) electrons. The number of carboxylic acid groups (broad SMARTS) is 1. The highest BCUT2D eigenvalue weighted by Gasteiger charge is 2.22. The third-order valence-electron chi connectivity index (χ3n) is 4.54. The van der Waals surface area contributed by atoms with Crippen molar-refractivity contribution in [3.05, 3.63) is 12.2 Å². The van der Waals surface area contributed by atoms with Crippen LogP contribution in [-0.4, -0.2) is 46.4 Å². The van der Waals surface area contributed by atoms with Crippen LogP contribution < -0.4 is 0 Å². The summed E-state index contributed by atoms with van der Waals surface area (Å²) in [4.78, 5) is 34.3. The molecule has 3 atom stereocenters. The minimum absolute atomic E-state index is 0.198. The number of carboxylic acids is 1. The quantitative estimate of drug-likeness (QED) is 0.716. The molecule has 0 amide bonds. The largest absolute Gasteiger partial charge is 0.481 e. The van der Waals surface area contributed by atoms with Gasteiger partial charge in [0, 0.05) is 6.08 Å². The Bertz CT molecular complexity index is 501. The number of hydrogen-bond acceptors (Lipinski definition) is 6. The van der Waals surface area contributed by atoms with Crippen molar-refractivity contribution >= 4 is 17.9 Å². The van der Waals surface area contributed by atoms with Gasteiger partial charge in [-0.25, -0.2) is 4.79 Å². The first-order valence-electron chi connectivity index (χ1n) is 9.86. The highest BCUT2D eigenvalue weighted by atomic mass is 16.6. The molecule has 1 rings (SSSR count). The minimum Gasteiger partial charge on any atom is -0.481 e. The molecule has 0 aromatic heterocycles. The number of ether oxygens (including phenoxy) is 2. The van der Waals surface area contributed by atoms with Crippen LogP contribution in [0.3, 0.4) is 0 Å². The molecule has 0 aromatic carbocycles. The van der Waals surface area contributed by atoms with Crippen LogP contribution in [0.25, 0.3) is 0 Å². The summed E-state index contributed by atoms with van der Waals surface area (Å²) in [5.74, 6) is -2.37. The van der Waals surface area contributed by atoms with Crippen molar-refractivity contribution in [2.75, 3.05) is 0 Å². The van der Waals surface area contributed by atoms with Crippen LogP contribution in [0, 0.1) is 0 Å². The smallest absolute Gasteiger partial charge is 0.330 e. The molecule has 154 valence electrons. The SMILES string of the molecule is C[C@@H]1CCCCCCCCC[C@H](O)[C@H](OC(=O)CCC(=O)O)/C=C\C(=O)O1. The summed E-state index contributed by atoms with van der Waals surface area (Å²) >= 11 is 0. The summed E-state index contributed by atoms with van der Waals surface area (Å²) in [5, 5.41) is 19.0. The standard InChI is InChI=1S/C20H32O7/c1-15-9-7-5-3-2-4-6-8-10-16(21)17(11-13-19(24)26-15)27-20(25)14-12-18(22)23/h11,13,15-17,21H,2-10,12,14H2,1H3,(H,22,23)/b13-11-/t15-,16+,17-/m1/s1. The molecule has 1 aliphatic heterocycles. The number of aliphatic carboxylic acids is 1. The van der Waals surface area contributed by atoms with E-state index in [1.165, 1.54) is 12.2 Å². The number of hydrogen-bond donors (Lipinski definition) is 2. The summed E-state index contributed by atoms with van der Waals surface area (Å²) < 4.78 is 10.5. The third kappa shape index (κ3) is 11.4. The molecule has 0 saturated heterocycles. The molecule has 1 aliphatic rings. The van der Waals surface area contributed by atoms with Gasteiger partial charge in [-0.05, 0) is 32.3 Å². The molecule has 0 unspecified atom stereocenters. The molecule has 0 aliphatic carbocycles. The minimum atomic E-state index is -1.10. The molecule has 0 bridgehead atoms. The first kappa shape index (κ1) is 23.1. The van der Waals surface area contributed by atoms with Gasteiger partial charge in [0.2, 0.25) is 0 Å². The van der Waals surface area contributed by atoms with E-state index in [1.54, 1.807) is 0 Å². The van der Waals surface area contributed by atoms with Crippen molar-refractivity contribution < 1.29 is 34.1 Å². The molecule has 27 heavy (non-hydrogen) atoms. The number of esters is 2. The normalized spacial score (nSPS) is 27.3. The molecule has 2 N–H and O–H groups in total. The molecular formula is C20H32O7. The number of cyclic esters (lactones) is 1. The predicted molar refractivity (Wildman–Crippen MR) is 99.0 cm³/mol. The number of aliphatic hydroxyl groups is 1. The lowest BCUT2D eigenvalue weighted by Gasteiger charge is -2.20. The summed E-state index contributed by atoms with van der Waals surface area (Å²) in [6.07, 6.45) is 8.24. The van der Waals surface area contributed by atoms with Gasteiger partial charge in [-0.3, -0.25) is 9.59 Å².